The molecule has 9 heteroatoms. The van der Waals surface area contributed by atoms with E-state index < -0.39 is 24.6 Å². The fraction of sp³-hybridized carbons (Fsp3) is 0.280. The number of aromatic nitrogens is 1. The lowest BCUT2D eigenvalue weighted by atomic mass is 10.0. The van der Waals surface area contributed by atoms with Crippen molar-refractivity contribution in [2.75, 3.05) is 11.9 Å². The molecule has 0 saturated carbocycles. The molecule has 0 aliphatic heterocycles. The zero-order valence-electron chi connectivity index (χ0n) is 18.6. The first-order chi connectivity index (χ1) is 16.3. The number of carbonyl (C=O) groups is 1. The molecule has 6 N–H and O–H groups in total. The number of ether oxygens (including phenoxy) is 1. The van der Waals surface area contributed by atoms with Gasteiger partial charge in [-0.25, -0.2) is 0 Å². The van der Waals surface area contributed by atoms with Crippen LogP contribution < -0.4 is 10.1 Å². The van der Waals surface area contributed by atoms with E-state index in [1.165, 1.54) is 0 Å². The number of nitrogens with one attached hydrogen (secondary N) is 1. The van der Waals surface area contributed by atoms with E-state index in [0.29, 0.717) is 16.8 Å². The van der Waals surface area contributed by atoms with Gasteiger partial charge in [0.15, 0.2) is 0 Å². The summed E-state index contributed by atoms with van der Waals surface area (Å²) in [6, 6.07) is 15.7. The van der Waals surface area contributed by atoms with Crippen LogP contribution in [0.5, 0.6) is 5.75 Å². The van der Waals surface area contributed by atoms with Gasteiger partial charge in [-0.2, -0.15) is 0 Å². The maximum absolute atomic E-state index is 12.6. The molecule has 1 amide bonds. The average molecular weight is 469 g/mol. The minimum Gasteiger partial charge on any atom is -0.462 e. The second kappa shape index (κ2) is 11.7. The lowest BCUT2D eigenvalue weighted by molar-refractivity contribution is -0.166. The SMILES string of the molecule is Cc1cc(-c2cccc(C(=O)Nc3cccnc3)c2)ccc1OC(O)C(O)C(O)C(O)CCO. The highest BCUT2D eigenvalue weighted by Crippen LogP contribution is 2.28. The molecule has 4 unspecified atom stereocenters. The van der Waals surface area contributed by atoms with Crippen molar-refractivity contribution in [3.63, 3.8) is 0 Å². The fourth-order valence-electron chi connectivity index (χ4n) is 3.34. The maximum Gasteiger partial charge on any atom is 0.255 e. The van der Waals surface area contributed by atoms with Crippen molar-refractivity contribution in [1.29, 1.82) is 0 Å². The Bertz CT molecular complexity index is 1090. The van der Waals surface area contributed by atoms with Crippen molar-refractivity contribution in [3.05, 3.63) is 78.1 Å². The van der Waals surface area contributed by atoms with E-state index in [-0.39, 0.29) is 24.7 Å². The van der Waals surface area contributed by atoms with Crippen LogP contribution in [0.3, 0.4) is 0 Å². The molecule has 1 aromatic heterocycles. The summed E-state index contributed by atoms with van der Waals surface area (Å²) in [6.07, 6.45) is -3.66. The predicted octanol–water partition coefficient (Wildman–Crippen LogP) is 1.47. The number of carbonyl (C=O) groups excluding carboxylic acids is 1. The Morgan fingerprint density at radius 2 is 1.76 bits per heavy atom. The Balaban J connectivity index is 1.71. The van der Waals surface area contributed by atoms with Crippen molar-refractivity contribution in [2.45, 2.75) is 37.9 Å². The van der Waals surface area contributed by atoms with E-state index in [1.54, 1.807) is 67.8 Å². The lowest BCUT2D eigenvalue weighted by Gasteiger charge is -2.27. The summed E-state index contributed by atoms with van der Waals surface area (Å²) in [4.78, 5) is 16.6. The molecule has 0 bridgehead atoms. The molecule has 4 atom stereocenters. The van der Waals surface area contributed by atoms with Crippen molar-refractivity contribution >= 4 is 11.6 Å². The van der Waals surface area contributed by atoms with Crippen LogP contribution in [-0.4, -0.2) is 67.6 Å². The van der Waals surface area contributed by atoms with Crippen molar-refractivity contribution in [2.24, 2.45) is 0 Å². The van der Waals surface area contributed by atoms with E-state index in [0.717, 1.165) is 11.1 Å². The third kappa shape index (κ3) is 6.37. The summed E-state index contributed by atoms with van der Waals surface area (Å²) < 4.78 is 5.38. The fourth-order valence-corrected chi connectivity index (χ4v) is 3.34. The Morgan fingerprint density at radius 3 is 2.44 bits per heavy atom. The first kappa shape index (κ1) is 25.3. The highest BCUT2D eigenvalue weighted by molar-refractivity contribution is 6.04. The third-order valence-corrected chi connectivity index (χ3v) is 5.26. The molecule has 3 rings (SSSR count). The normalized spacial score (nSPS) is 14.6. The topological polar surface area (TPSA) is 152 Å². The van der Waals surface area contributed by atoms with E-state index in [9.17, 15) is 25.2 Å². The molecule has 0 radical (unpaired) electrons. The lowest BCUT2D eigenvalue weighted by Crippen LogP contribution is -2.47. The Kier molecular flexibility index (Phi) is 8.69. The number of benzene rings is 2. The summed E-state index contributed by atoms with van der Waals surface area (Å²) in [7, 11) is 0. The number of aryl methyl sites for hydroxylation is 1. The van der Waals surface area contributed by atoms with Gasteiger partial charge in [-0.3, -0.25) is 9.78 Å². The number of aliphatic hydroxyl groups excluding tert-OH is 5. The average Bonchev–Trinajstić information content (AvgIpc) is 2.85. The summed E-state index contributed by atoms with van der Waals surface area (Å²) >= 11 is 0. The van der Waals surface area contributed by atoms with Crippen molar-refractivity contribution in [1.82, 2.24) is 4.98 Å². The molecule has 9 nitrogen and oxygen atoms in total. The van der Waals surface area contributed by atoms with Crippen LogP contribution in [0.4, 0.5) is 5.69 Å². The number of hydrogen-bond donors (Lipinski definition) is 6. The van der Waals surface area contributed by atoms with Gasteiger partial charge < -0.3 is 35.6 Å². The van der Waals surface area contributed by atoms with E-state index in [2.05, 4.69) is 10.3 Å². The Morgan fingerprint density at radius 1 is 1.00 bits per heavy atom. The molecule has 0 aliphatic carbocycles. The zero-order chi connectivity index (χ0) is 24.7. The summed E-state index contributed by atoms with van der Waals surface area (Å²) in [5.74, 6) is -0.00444. The predicted molar refractivity (Wildman–Crippen MR) is 125 cm³/mol. The minimum absolute atomic E-state index is 0.155. The van der Waals surface area contributed by atoms with Gasteiger partial charge in [0.1, 0.15) is 18.0 Å². The highest BCUT2D eigenvalue weighted by Gasteiger charge is 2.31. The molecule has 0 spiro atoms. The van der Waals surface area contributed by atoms with Crippen LogP contribution in [0.25, 0.3) is 11.1 Å². The molecule has 0 aliphatic rings. The van der Waals surface area contributed by atoms with Crippen LogP contribution in [0.15, 0.2) is 67.0 Å². The second-order valence-corrected chi connectivity index (χ2v) is 7.83. The van der Waals surface area contributed by atoms with Crippen LogP contribution in [0.1, 0.15) is 22.3 Å². The number of nitrogens with zero attached hydrogens (tertiary/aromatic N) is 1. The highest BCUT2D eigenvalue weighted by atomic mass is 16.6. The minimum atomic E-state index is -1.80. The molecular weight excluding hydrogens is 440 g/mol. The van der Waals surface area contributed by atoms with Gasteiger partial charge in [0.2, 0.25) is 6.29 Å². The van der Waals surface area contributed by atoms with E-state index in [4.69, 9.17) is 9.84 Å². The third-order valence-electron chi connectivity index (χ3n) is 5.26. The number of pyridine rings is 1. The molecule has 0 fully saturated rings. The van der Waals surface area contributed by atoms with Gasteiger partial charge in [-0.15, -0.1) is 0 Å². The first-order valence-corrected chi connectivity index (χ1v) is 10.7. The maximum atomic E-state index is 12.6. The van der Waals surface area contributed by atoms with Gasteiger partial charge in [-0.1, -0.05) is 18.2 Å². The number of rotatable bonds is 10. The van der Waals surface area contributed by atoms with Crippen molar-refractivity contribution in [3.8, 4) is 16.9 Å². The zero-order valence-corrected chi connectivity index (χ0v) is 18.6. The standard InChI is InChI=1S/C25H28N2O7/c1-15-12-17(7-8-21(15)34-25(33)23(31)22(30)20(29)9-11-28)16-4-2-5-18(13-16)24(32)27-19-6-3-10-26-14-19/h2-8,10,12-14,20,22-23,25,28-31,33H,9,11H2,1H3,(H,27,32). The Labute approximate surface area is 196 Å². The molecule has 3 aromatic rings. The van der Waals surface area contributed by atoms with Gasteiger partial charge in [0.25, 0.3) is 5.91 Å². The number of anilines is 1. The molecule has 180 valence electrons. The summed E-state index contributed by atoms with van der Waals surface area (Å²) in [5.41, 5.74) is 3.28. The van der Waals surface area contributed by atoms with E-state index >= 15 is 0 Å². The first-order valence-electron chi connectivity index (χ1n) is 10.7. The smallest absolute Gasteiger partial charge is 0.255 e. The van der Waals surface area contributed by atoms with Crippen LogP contribution >= 0.6 is 0 Å². The van der Waals surface area contributed by atoms with Crippen LogP contribution in [-0.2, 0) is 0 Å². The largest absolute Gasteiger partial charge is 0.462 e. The Hall–Kier alpha value is -3.34. The quantitative estimate of drug-likeness (QED) is 0.245. The number of aliphatic hydroxyl groups is 5. The van der Waals surface area contributed by atoms with E-state index in [1.807, 2.05) is 6.07 Å². The summed E-state index contributed by atoms with van der Waals surface area (Å²) in [6.45, 7) is 1.36. The van der Waals surface area contributed by atoms with Gasteiger partial charge in [0, 0.05) is 18.4 Å². The monoisotopic (exact) mass is 468 g/mol. The molecular formula is C25H28N2O7. The second-order valence-electron chi connectivity index (χ2n) is 7.83. The molecule has 34 heavy (non-hydrogen) atoms. The number of amides is 1. The number of hydrogen-bond acceptors (Lipinski definition) is 8. The van der Waals surface area contributed by atoms with Crippen LogP contribution in [0.2, 0.25) is 0 Å². The van der Waals surface area contributed by atoms with Gasteiger partial charge >= 0.3 is 0 Å². The molecule has 0 saturated heterocycles. The molecule has 1 heterocycles. The van der Waals surface area contributed by atoms with Gasteiger partial charge in [0.05, 0.1) is 18.0 Å². The van der Waals surface area contributed by atoms with Gasteiger partial charge in [-0.05, 0) is 66.4 Å². The van der Waals surface area contributed by atoms with Crippen LogP contribution in [0, 0.1) is 6.92 Å². The molecule has 2 aromatic carbocycles. The van der Waals surface area contributed by atoms with Crippen molar-refractivity contribution < 1.29 is 35.1 Å². The summed E-state index contributed by atoms with van der Waals surface area (Å²) in [5, 5.41) is 51.4.